The maximum Gasteiger partial charge on any atom is 0.146 e. The Kier molecular flexibility index (Phi) is 4.67. The highest BCUT2D eigenvalue weighted by Crippen LogP contribution is 2.51. The minimum atomic E-state index is 0.0533. The van der Waals surface area contributed by atoms with Gasteiger partial charge in [-0.15, -0.1) is 0 Å². The summed E-state index contributed by atoms with van der Waals surface area (Å²) >= 11 is 0. The van der Waals surface area contributed by atoms with Gasteiger partial charge in [-0.25, -0.2) is 0 Å². The molecule has 0 bridgehead atoms. The molecule has 2 rings (SSSR count). The highest BCUT2D eigenvalue weighted by atomic mass is 16.1. The largest absolute Gasteiger partial charge is 0.298 e. The van der Waals surface area contributed by atoms with Crippen LogP contribution in [-0.4, -0.2) is 6.29 Å². The molecule has 0 saturated heterocycles. The molecule has 20 heavy (non-hydrogen) atoms. The van der Waals surface area contributed by atoms with Crippen molar-refractivity contribution >= 4 is 6.29 Å². The van der Waals surface area contributed by atoms with E-state index in [0.717, 1.165) is 37.5 Å². The second-order valence-electron chi connectivity index (χ2n) is 7.01. The molecular formula is C19H28O. The lowest BCUT2D eigenvalue weighted by Crippen LogP contribution is -2.25. The molecule has 1 nitrogen and oxygen atoms in total. The van der Waals surface area contributed by atoms with Crippen molar-refractivity contribution < 1.29 is 4.79 Å². The Morgan fingerprint density at radius 3 is 2.55 bits per heavy atom. The van der Waals surface area contributed by atoms with E-state index in [-0.39, 0.29) is 5.41 Å². The highest BCUT2D eigenvalue weighted by Gasteiger charge is 2.42. The highest BCUT2D eigenvalue weighted by molar-refractivity contribution is 5.78. The van der Waals surface area contributed by atoms with Crippen LogP contribution in [0, 0.1) is 11.3 Å². The van der Waals surface area contributed by atoms with Gasteiger partial charge < -0.3 is 0 Å². The van der Waals surface area contributed by atoms with Crippen LogP contribution in [0.2, 0.25) is 0 Å². The van der Waals surface area contributed by atoms with Gasteiger partial charge >= 0.3 is 0 Å². The fraction of sp³-hybridized carbons (Fsp3) is 0.632. The Morgan fingerprint density at radius 1 is 1.15 bits per heavy atom. The Labute approximate surface area is 123 Å². The molecule has 0 saturated carbocycles. The topological polar surface area (TPSA) is 17.1 Å². The van der Waals surface area contributed by atoms with Crippen molar-refractivity contribution in [3.8, 4) is 0 Å². The summed E-state index contributed by atoms with van der Waals surface area (Å²) in [7, 11) is 0. The van der Waals surface area contributed by atoms with Crippen LogP contribution in [0.5, 0.6) is 0 Å². The van der Waals surface area contributed by atoms with E-state index in [1.54, 1.807) is 0 Å². The van der Waals surface area contributed by atoms with Gasteiger partial charge in [-0.1, -0.05) is 35.8 Å². The van der Waals surface area contributed by atoms with Crippen LogP contribution in [-0.2, 0) is 4.79 Å². The molecule has 1 heteroatoms. The number of allylic oxidation sites excluding steroid dienone is 6. The lowest BCUT2D eigenvalue weighted by atomic mass is 9.71. The average molecular weight is 272 g/mol. The number of hydrogen-bond acceptors (Lipinski definition) is 1. The Bertz CT molecular complexity index is 478. The van der Waals surface area contributed by atoms with E-state index in [4.69, 9.17) is 0 Å². The number of fused-ring (bicyclic) bond motifs is 1. The zero-order valence-electron chi connectivity index (χ0n) is 13.5. The second kappa shape index (κ2) is 6.11. The van der Waals surface area contributed by atoms with Gasteiger partial charge in [0.05, 0.1) is 0 Å². The minimum Gasteiger partial charge on any atom is -0.298 e. The van der Waals surface area contributed by atoms with Gasteiger partial charge in [-0.05, 0) is 70.8 Å². The normalized spacial score (nSPS) is 37.3. The third kappa shape index (κ3) is 2.97. The van der Waals surface area contributed by atoms with Gasteiger partial charge in [-0.3, -0.25) is 4.79 Å². The van der Waals surface area contributed by atoms with Gasteiger partial charge in [-0.2, -0.15) is 0 Å². The first-order chi connectivity index (χ1) is 9.47. The van der Waals surface area contributed by atoms with Gasteiger partial charge in [0, 0.05) is 5.41 Å². The van der Waals surface area contributed by atoms with Crippen molar-refractivity contribution in [2.24, 2.45) is 11.3 Å². The predicted molar refractivity (Wildman–Crippen MR) is 85.6 cm³/mol. The van der Waals surface area contributed by atoms with E-state index in [9.17, 15) is 4.79 Å². The summed E-state index contributed by atoms with van der Waals surface area (Å²) in [4.78, 5) is 11.6. The van der Waals surface area contributed by atoms with Crippen molar-refractivity contribution in [2.75, 3.05) is 0 Å². The van der Waals surface area contributed by atoms with Crippen molar-refractivity contribution in [2.45, 2.75) is 66.2 Å². The molecule has 0 aromatic rings. The fourth-order valence-electron chi connectivity index (χ4n) is 3.88. The average Bonchev–Trinajstić information content (AvgIpc) is 2.63. The standard InChI is InChI=1S/C19H28O/c1-14-6-5-7-15(2)10-11-19(4)17(9-8-14)12-16(3)18(19)13-20/h6,10,13,17H,5,7-9,11-12H2,1-4H3/b14-6+,15-10+/t17-,19+/m1/s1. The third-order valence-corrected chi connectivity index (χ3v) is 5.44. The van der Waals surface area contributed by atoms with Gasteiger partial charge in [0.1, 0.15) is 6.29 Å². The van der Waals surface area contributed by atoms with Crippen LogP contribution < -0.4 is 0 Å². The molecule has 0 unspecified atom stereocenters. The van der Waals surface area contributed by atoms with Gasteiger partial charge in [0.25, 0.3) is 0 Å². The van der Waals surface area contributed by atoms with Gasteiger partial charge in [0.2, 0.25) is 0 Å². The molecule has 0 spiro atoms. The molecule has 0 amide bonds. The molecule has 0 N–H and O–H groups in total. The summed E-state index contributed by atoms with van der Waals surface area (Å²) in [6, 6.07) is 0. The monoisotopic (exact) mass is 272 g/mol. The van der Waals surface area contributed by atoms with E-state index >= 15 is 0 Å². The first-order valence-electron chi connectivity index (χ1n) is 7.94. The smallest absolute Gasteiger partial charge is 0.146 e. The summed E-state index contributed by atoms with van der Waals surface area (Å²) in [6.07, 6.45) is 12.7. The van der Waals surface area contributed by atoms with Crippen molar-refractivity contribution in [3.63, 3.8) is 0 Å². The van der Waals surface area contributed by atoms with Crippen LogP contribution in [0.25, 0.3) is 0 Å². The molecule has 2 aliphatic carbocycles. The molecule has 0 aliphatic heterocycles. The predicted octanol–water partition coefficient (Wildman–Crippen LogP) is 5.38. The van der Waals surface area contributed by atoms with Crippen molar-refractivity contribution in [3.05, 3.63) is 34.4 Å². The summed E-state index contributed by atoms with van der Waals surface area (Å²) in [5.41, 5.74) is 5.42. The Balaban J connectivity index is 2.33. The zero-order valence-corrected chi connectivity index (χ0v) is 13.5. The van der Waals surface area contributed by atoms with Crippen molar-refractivity contribution in [1.29, 1.82) is 0 Å². The SMILES string of the molecule is CC1=C(C=O)[C@@]2(C)C/C=C(\C)CC/C=C(\C)CC[C@@H]2C1. The number of rotatable bonds is 1. The molecule has 0 aromatic heterocycles. The quantitative estimate of drug-likeness (QED) is 0.462. The maximum absolute atomic E-state index is 11.6. The van der Waals surface area contributed by atoms with Crippen LogP contribution in [0.4, 0.5) is 0 Å². The molecule has 0 heterocycles. The molecule has 2 atom stereocenters. The van der Waals surface area contributed by atoms with E-state index < -0.39 is 0 Å². The Morgan fingerprint density at radius 2 is 1.85 bits per heavy atom. The first-order valence-corrected chi connectivity index (χ1v) is 7.94. The molecule has 0 aromatic carbocycles. The summed E-state index contributed by atoms with van der Waals surface area (Å²) in [6.45, 7) is 8.93. The van der Waals surface area contributed by atoms with E-state index in [1.165, 1.54) is 29.6 Å². The summed E-state index contributed by atoms with van der Waals surface area (Å²) in [5.74, 6) is 0.619. The maximum atomic E-state index is 11.6. The lowest BCUT2D eigenvalue weighted by Gasteiger charge is -2.33. The molecule has 0 radical (unpaired) electrons. The lowest BCUT2D eigenvalue weighted by molar-refractivity contribution is -0.106. The van der Waals surface area contributed by atoms with Crippen LogP contribution >= 0.6 is 0 Å². The number of hydrogen-bond donors (Lipinski definition) is 0. The number of aldehydes is 1. The second-order valence-corrected chi connectivity index (χ2v) is 7.01. The molecule has 110 valence electrons. The first kappa shape index (κ1) is 15.3. The minimum absolute atomic E-state index is 0.0533. The van der Waals surface area contributed by atoms with E-state index in [0.29, 0.717) is 5.92 Å². The molecule has 0 fully saturated rings. The third-order valence-electron chi connectivity index (χ3n) is 5.44. The zero-order chi connectivity index (χ0) is 14.8. The number of carbonyl (C=O) groups is 1. The molecule has 2 aliphatic rings. The van der Waals surface area contributed by atoms with Gasteiger partial charge in [0.15, 0.2) is 0 Å². The van der Waals surface area contributed by atoms with Crippen LogP contribution in [0.15, 0.2) is 34.4 Å². The fourth-order valence-corrected chi connectivity index (χ4v) is 3.88. The number of carbonyl (C=O) groups excluding carboxylic acids is 1. The van der Waals surface area contributed by atoms with Crippen molar-refractivity contribution in [1.82, 2.24) is 0 Å². The molecular weight excluding hydrogens is 244 g/mol. The van der Waals surface area contributed by atoms with E-state index in [1.807, 2.05) is 0 Å². The van der Waals surface area contributed by atoms with E-state index in [2.05, 4.69) is 39.8 Å². The summed E-state index contributed by atoms with van der Waals surface area (Å²) < 4.78 is 0. The van der Waals surface area contributed by atoms with Crippen LogP contribution in [0.3, 0.4) is 0 Å². The Hall–Kier alpha value is -1.11. The summed E-state index contributed by atoms with van der Waals surface area (Å²) in [5, 5.41) is 0. The van der Waals surface area contributed by atoms with Crippen LogP contribution in [0.1, 0.15) is 66.2 Å².